The predicted molar refractivity (Wildman–Crippen MR) is 86.0 cm³/mol. The third kappa shape index (κ3) is 4.00. The van der Waals surface area contributed by atoms with Crippen LogP contribution in [0.25, 0.3) is 0 Å². The van der Waals surface area contributed by atoms with Crippen LogP contribution in [0.15, 0.2) is 60.7 Å². The van der Waals surface area contributed by atoms with Gasteiger partial charge in [-0.15, -0.1) is 11.6 Å². The summed E-state index contributed by atoms with van der Waals surface area (Å²) in [6.45, 7) is 0. The molecule has 0 nitrogen and oxygen atoms in total. The van der Waals surface area contributed by atoms with Gasteiger partial charge in [-0.25, -0.2) is 0 Å². The fourth-order valence-electron chi connectivity index (χ4n) is 2.18. The van der Waals surface area contributed by atoms with E-state index in [4.69, 9.17) is 11.6 Å². The van der Waals surface area contributed by atoms with E-state index in [9.17, 15) is 0 Å². The van der Waals surface area contributed by atoms with Gasteiger partial charge in [0.15, 0.2) is 0 Å². The lowest BCUT2D eigenvalue weighted by Gasteiger charge is -2.17. The maximum Gasteiger partial charge on any atom is 0.0223 e. The average molecular weight is 277 g/mol. The van der Waals surface area contributed by atoms with Gasteiger partial charge in [0.25, 0.3) is 0 Å². The average Bonchev–Trinajstić information content (AvgIpc) is 2.42. The number of hydrogen-bond acceptors (Lipinski definition) is 0. The lowest BCUT2D eigenvalue weighted by atomic mass is 9.88. The van der Waals surface area contributed by atoms with Crippen LogP contribution in [0.5, 0.6) is 0 Å². The minimum absolute atomic E-state index is 0. The van der Waals surface area contributed by atoms with Crippen LogP contribution in [0.3, 0.4) is 0 Å². The molecule has 0 aliphatic rings. The first-order valence-electron chi connectivity index (χ1n) is 6.07. The van der Waals surface area contributed by atoms with E-state index in [0.717, 1.165) is 18.7 Å². The number of rotatable bonds is 5. The van der Waals surface area contributed by atoms with Gasteiger partial charge in [-0.1, -0.05) is 60.7 Å². The first-order chi connectivity index (χ1) is 8.42. The molecular formula is C16H21ClSi. The Morgan fingerprint density at radius 3 is 1.61 bits per heavy atom. The van der Waals surface area contributed by atoms with E-state index < -0.39 is 0 Å². The zero-order valence-electron chi connectivity index (χ0n) is 9.85. The topological polar surface area (TPSA) is 0 Å². The molecule has 0 atom stereocenters. The van der Waals surface area contributed by atoms with Crippen molar-refractivity contribution in [1.82, 2.24) is 0 Å². The van der Waals surface area contributed by atoms with Crippen LogP contribution in [0, 0.1) is 0 Å². The SMILES string of the molecule is ClCCCC(c1ccccc1)c1ccccc1.[SiH4]. The van der Waals surface area contributed by atoms with Crippen LogP contribution in [0.2, 0.25) is 0 Å². The van der Waals surface area contributed by atoms with Crippen LogP contribution in [-0.2, 0) is 0 Å². The lowest BCUT2D eigenvalue weighted by Crippen LogP contribution is -2.01. The van der Waals surface area contributed by atoms with Gasteiger partial charge in [-0.3, -0.25) is 0 Å². The highest BCUT2D eigenvalue weighted by atomic mass is 35.5. The Morgan fingerprint density at radius 2 is 1.22 bits per heavy atom. The highest BCUT2D eigenvalue weighted by Crippen LogP contribution is 2.28. The molecule has 2 aromatic rings. The van der Waals surface area contributed by atoms with E-state index in [1.54, 1.807) is 0 Å². The highest BCUT2D eigenvalue weighted by molar-refractivity contribution is 6.17. The van der Waals surface area contributed by atoms with Crippen LogP contribution in [-0.4, -0.2) is 16.8 Å². The molecule has 0 bridgehead atoms. The van der Waals surface area contributed by atoms with E-state index in [2.05, 4.69) is 60.7 Å². The molecule has 18 heavy (non-hydrogen) atoms. The third-order valence-electron chi connectivity index (χ3n) is 3.03. The number of halogens is 1. The molecule has 0 saturated heterocycles. The van der Waals surface area contributed by atoms with Crippen LogP contribution in [0.1, 0.15) is 29.9 Å². The molecule has 0 N–H and O–H groups in total. The molecule has 0 unspecified atom stereocenters. The lowest BCUT2D eigenvalue weighted by molar-refractivity contribution is 0.701. The van der Waals surface area contributed by atoms with Gasteiger partial charge in [0, 0.05) is 11.8 Å². The van der Waals surface area contributed by atoms with Crippen molar-refractivity contribution in [3.63, 3.8) is 0 Å². The Kier molecular flexibility index (Phi) is 6.77. The quantitative estimate of drug-likeness (QED) is 0.580. The Labute approximate surface area is 119 Å². The molecule has 2 aromatic carbocycles. The molecule has 2 heteroatoms. The van der Waals surface area contributed by atoms with Crippen molar-refractivity contribution in [2.24, 2.45) is 0 Å². The highest BCUT2D eigenvalue weighted by Gasteiger charge is 2.12. The summed E-state index contributed by atoms with van der Waals surface area (Å²) in [5.41, 5.74) is 2.76. The van der Waals surface area contributed by atoms with Crippen LogP contribution < -0.4 is 0 Å². The van der Waals surface area contributed by atoms with E-state index in [1.807, 2.05) is 0 Å². The molecular weight excluding hydrogens is 256 g/mol. The zero-order valence-corrected chi connectivity index (χ0v) is 10.6. The summed E-state index contributed by atoms with van der Waals surface area (Å²) in [6, 6.07) is 21.3. The number of hydrogen-bond donors (Lipinski definition) is 0. The Morgan fingerprint density at radius 1 is 0.778 bits per heavy atom. The molecule has 0 spiro atoms. The molecule has 0 saturated carbocycles. The van der Waals surface area contributed by atoms with Gasteiger partial charge in [0.1, 0.15) is 0 Å². The summed E-state index contributed by atoms with van der Waals surface area (Å²) in [7, 11) is 0. The van der Waals surface area contributed by atoms with Crippen molar-refractivity contribution in [2.75, 3.05) is 5.88 Å². The molecule has 0 heterocycles. The minimum atomic E-state index is 0. The largest absolute Gasteiger partial charge is 0.127 e. The Hall–Kier alpha value is -1.05. The van der Waals surface area contributed by atoms with Gasteiger partial charge >= 0.3 is 0 Å². The van der Waals surface area contributed by atoms with E-state index in [-0.39, 0.29) is 11.0 Å². The maximum absolute atomic E-state index is 5.82. The van der Waals surface area contributed by atoms with Gasteiger partial charge in [0.05, 0.1) is 0 Å². The maximum atomic E-state index is 5.82. The standard InChI is InChI=1S/C16H17Cl.H4Si/c17-13-7-12-16(14-8-3-1-4-9-14)15-10-5-2-6-11-15;/h1-6,8-11,16H,7,12-13H2;1H4. The summed E-state index contributed by atoms with van der Waals surface area (Å²) in [6.07, 6.45) is 2.16. The van der Waals surface area contributed by atoms with Gasteiger partial charge in [0.2, 0.25) is 0 Å². The normalized spacial score (nSPS) is 10.1. The van der Waals surface area contributed by atoms with Crippen molar-refractivity contribution in [3.8, 4) is 0 Å². The zero-order chi connectivity index (χ0) is 11.9. The second-order valence-corrected chi connectivity index (χ2v) is 4.58. The molecule has 96 valence electrons. The van der Waals surface area contributed by atoms with Crippen molar-refractivity contribution < 1.29 is 0 Å². The second kappa shape index (κ2) is 8.12. The molecule has 0 aromatic heterocycles. The minimum Gasteiger partial charge on any atom is -0.127 e. The monoisotopic (exact) mass is 276 g/mol. The van der Waals surface area contributed by atoms with E-state index in [1.165, 1.54) is 11.1 Å². The molecule has 0 aliphatic carbocycles. The summed E-state index contributed by atoms with van der Waals surface area (Å²) >= 11 is 5.82. The first kappa shape index (κ1) is 15.0. The number of alkyl halides is 1. The molecule has 0 fully saturated rings. The summed E-state index contributed by atoms with van der Waals surface area (Å²) in [5.74, 6) is 1.20. The summed E-state index contributed by atoms with van der Waals surface area (Å²) < 4.78 is 0. The van der Waals surface area contributed by atoms with Gasteiger partial charge in [-0.05, 0) is 34.9 Å². The van der Waals surface area contributed by atoms with Crippen molar-refractivity contribution in [1.29, 1.82) is 0 Å². The molecule has 2 rings (SSSR count). The van der Waals surface area contributed by atoms with Gasteiger partial charge < -0.3 is 0 Å². The third-order valence-corrected chi connectivity index (χ3v) is 3.30. The summed E-state index contributed by atoms with van der Waals surface area (Å²) in [5, 5.41) is 0. The van der Waals surface area contributed by atoms with Gasteiger partial charge in [-0.2, -0.15) is 0 Å². The van der Waals surface area contributed by atoms with Crippen molar-refractivity contribution in [2.45, 2.75) is 18.8 Å². The first-order valence-corrected chi connectivity index (χ1v) is 6.61. The van der Waals surface area contributed by atoms with Crippen molar-refractivity contribution in [3.05, 3.63) is 71.8 Å². The Balaban J connectivity index is 0.00000162. The number of benzene rings is 2. The van der Waals surface area contributed by atoms with Crippen molar-refractivity contribution >= 4 is 22.6 Å². The van der Waals surface area contributed by atoms with E-state index in [0.29, 0.717) is 5.92 Å². The Bertz CT molecular complexity index is 388. The molecule has 0 radical (unpaired) electrons. The van der Waals surface area contributed by atoms with E-state index >= 15 is 0 Å². The molecule has 0 aliphatic heterocycles. The predicted octanol–water partition coefficient (Wildman–Crippen LogP) is 3.39. The fourth-order valence-corrected chi connectivity index (χ4v) is 2.33. The second-order valence-electron chi connectivity index (χ2n) is 4.21. The molecule has 0 amide bonds. The van der Waals surface area contributed by atoms with Crippen LogP contribution >= 0.6 is 11.6 Å². The van der Waals surface area contributed by atoms with Crippen LogP contribution in [0.4, 0.5) is 0 Å². The smallest absolute Gasteiger partial charge is 0.0223 e. The summed E-state index contributed by atoms with van der Waals surface area (Å²) in [4.78, 5) is 0. The fraction of sp³-hybridized carbons (Fsp3) is 0.250.